The monoisotopic (exact) mass is 315 g/mol. The zero-order chi connectivity index (χ0) is 14.7. The zero-order valence-electron chi connectivity index (χ0n) is 11.1. The Balaban J connectivity index is 2.05. The van der Waals surface area contributed by atoms with E-state index in [9.17, 15) is 4.39 Å². The first-order chi connectivity index (χ1) is 9.49. The quantitative estimate of drug-likeness (QED) is 0.850. The summed E-state index contributed by atoms with van der Waals surface area (Å²) >= 11 is 7.18. The van der Waals surface area contributed by atoms with Gasteiger partial charge in [-0.25, -0.2) is 4.39 Å². The number of nitrogens with two attached hydrogens (primary N) is 1. The van der Waals surface area contributed by atoms with Crippen molar-refractivity contribution >= 4 is 23.4 Å². The molecule has 1 heterocycles. The molecule has 108 valence electrons. The van der Waals surface area contributed by atoms with Crippen LogP contribution in [0.1, 0.15) is 31.3 Å². The van der Waals surface area contributed by atoms with Gasteiger partial charge in [0.15, 0.2) is 0 Å². The molecule has 0 aliphatic rings. The van der Waals surface area contributed by atoms with Gasteiger partial charge in [-0.1, -0.05) is 43.3 Å². The average molecular weight is 316 g/mol. The van der Waals surface area contributed by atoms with Gasteiger partial charge >= 0.3 is 0 Å². The van der Waals surface area contributed by atoms with E-state index in [0.29, 0.717) is 27.5 Å². The zero-order valence-corrected chi connectivity index (χ0v) is 12.7. The van der Waals surface area contributed by atoms with Crippen molar-refractivity contribution in [2.45, 2.75) is 30.9 Å². The molecule has 2 rings (SSSR count). The second-order valence-electron chi connectivity index (χ2n) is 4.66. The highest BCUT2D eigenvalue weighted by Crippen LogP contribution is 2.29. The van der Waals surface area contributed by atoms with E-state index in [4.69, 9.17) is 21.8 Å². The fourth-order valence-corrected chi connectivity index (χ4v) is 2.62. The minimum atomic E-state index is -0.344. The fraction of sp³-hybridized carbons (Fsp3) is 0.385. The van der Waals surface area contributed by atoms with Crippen LogP contribution in [0.4, 0.5) is 4.39 Å². The molecule has 0 saturated carbocycles. The van der Waals surface area contributed by atoms with Crippen LogP contribution < -0.4 is 5.73 Å². The molecule has 0 fully saturated rings. The molecular weight excluding hydrogens is 301 g/mol. The van der Waals surface area contributed by atoms with Gasteiger partial charge in [0.05, 0.1) is 6.04 Å². The second kappa shape index (κ2) is 6.56. The molecule has 0 spiro atoms. The Morgan fingerprint density at radius 3 is 2.80 bits per heavy atom. The van der Waals surface area contributed by atoms with Crippen LogP contribution >= 0.6 is 23.4 Å². The topological polar surface area (TPSA) is 64.9 Å². The summed E-state index contributed by atoms with van der Waals surface area (Å²) in [5.41, 5.74) is 6.34. The normalized spacial score (nSPS) is 12.9. The SMILES string of the molecule is CC(C)[C@H](N)c1nnc(SCc2c(F)cccc2Cl)o1. The maximum atomic E-state index is 13.6. The van der Waals surface area contributed by atoms with Gasteiger partial charge in [-0.15, -0.1) is 10.2 Å². The van der Waals surface area contributed by atoms with Crippen LogP contribution in [0, 0.1) is 11.7 Å². The van der Waals surface area contributed by atoms with E-state index in [-0.39, 0.29) is 17.8 Å². The van der Waals surface area contributed by atoms with E-state index < -0.39 is 0 Å². The maximum Gasteiger partial charge on any atom is 0.276 e. The predicted molar refractivity (Wildman–Crippen MR) is 77.0 cm³/mol. The number of hydrogen-bond acceptors (Lipinski definition) is 5. The first-order valence-corrected chi connectivity index (χ1v) is 7.50. The van der Waals surface area contributed by atoms with Crippen molar-refractivity contribution in [3.05, 3.63) is 40.5 Å². The van der Waals surface area contributed by atoms with Crippen molar-refractivity contribution in [1.29, 1.82) is 0 Å². The van der Waals surface area contributed by atoms with E-state index >= 15 is 0 Å². The highest BCUT2D eigenvalue weighted by molar-refractivity contribution is 7.98. The summed E-state index contributed by atoms with van der Waals surface area (Å²) in [6.45, 7) is 3.95. The third-order valence-corrected chi connectivity index (χ3v) is 4.03. The Morgan fingerprint density at radius 1 is 1.40 bits per heavy atom. The molecule has 1 aromatic heterocycles. The fourth-order valence-electron chi connectivity index (χ4n) is 1.50. The van der Waals surface area contributed by atoms with Gasteiger partial charge in [-0.3, -0.25) is 0 Å². The Hall–Kier alpha value is -1.11. The van der Waals surface area contributed by atoms with E-state index in [1.807, 2.05) is 13.8 Å². The van der Waals surface area contributed by atoms with Gasteiger partial charge in [-0.05, 0) is 18.1 Å². The minimum absolute atomic E-state index is 0.203. The van der Waals surface area contributed by atoms with E-state index in [0.717, 1.165) is 0 Å². The number of hydrogen-bond donors (Lipinski definition) is 1. The van der Waals surface area contributed by atoms with Crippen LogP contribution in [-0.2, 0) is 5.75 Å². The van der Waals surface area contributed by atoms with Crippen molar-refractivity contribution in [2.75, 3.05) is 0 Å². The molecule has 0 bridgehead atoms. The van der Waals surface area contributed by atoms with Gasteiger partial charge in [0.25, 0.3) is 5.22 Å². The Bertz CT molecular complexity index is 570. The van der Waals surface area contributed by atoms with Crippen molar-refractivity contribution in [3.63, 3.8) is 0 Å². The molecule has 2 aromatic rings. The number of rotatable bonds is 5. The molecule has 2 N–H and O–H groups in total. The van der Waals surface area contributed by atoms with Crippen LogP contribution in [0.2, 0.25) is 5.02 Å². The molecule has 20 heavy (non-hydrogen) atoms. The highest BCUT2D eigenvalue weighted by Gasteiger charge is 2.18. The summed E-state index contributed by atoms with van der Waals surface area (Å²) in [4.78, 5) is 0. The average Bonchev–Trinajstić information content (AvgIpc) is 2.86. The molecule has 1 aromatic carbocycles. The standard InChI is InChI=1S/C13H15ClFN3OS/c1-7(2)11(16)12-17-18-13(19-12)20-6-8-9(14)4-3-5-10(8)15/h3-5,7,11H,6,16H2,1-2H3/t11-/m0/s1. The minimum Gasteiger partial charge on any atom is -0.414 e. The lowest BCUT2D eigenvalue weighted by atomic mass is 10.1. The summed E-state index contributed by atoms with van der Waals surface area (Å²) in [5, 5.41) is 8.54. The molecular formula is C13H15ClFN3OS. The third kappa shape index (κ3) is 3.50. The highest BCUT2D eigenvalue weighted by atomic mass is 35.5. The Morgan fingerprint density at radius 2 is 2.15 bits per heavy atom. The number of thioether (sulfide) groups is 1. The summed E-state index contributed by atoms with van der Waals surface area (Å²) in [6.07, 6.45) is 0. The van der Waals surface area contributed by atoms with E-state index in [1.54, 1.807) is 12.1 Å². The number of nitrogens with zero attached hydrogens (tertiary/aromatic N) is 2. The second-order valence-corrected chi connectivity index (χ2v) is 6.00. The largest absolute Gasteiger partial charge is 0.414 e. The molecule has 0 saturated heterocycles. The van der Waals surface area contributed by atoms with Crippen LogP contribution in [0.3, 0.4) is 0 Å². The number of aromatic nitrogens is 2. The molecule has 0 unspecified atom stereocenters. The van der Waals surface area contributed by atoms with Crippen molar-refractivity contribution in [3.8, 4) is 0 Å². The molecule has 4 nitrogen and oxygen atoms in total. The van der Waals surface area contributed by atoms with Crippen molar-refractivity contribution in [2.24, 2.45) is 11.7 Å². The van der Waals surface area contributed by atoms with Crippen LogP contribution in [-0.4, -0.2) is 10.2 Å². The molecule has 7 heteroatoms. The summed E-state index contributed by atoms with van der Waals surface area (Å²) < 4.78 is 19.1. The van der Waals surface area contributed by atoms with Gasteiger partial charge in [0.2, 0.25) is 5.89 Å². The predicted octanol–water partition coefficient (Wildman–Crippen LogP) is 3.81. The lowest BCUT2D eigenvalue weighted by Crippen LogP contribution is -2.16. The molecule has 0 aliphatic heterocycles. The number of benzene rings is 1. The smallest absolute Gasteiger partial charge is 0.276 e. The van der Waals surface area contributed by atoms with Gasteiger partial charge < -0.3 is 10.2 Å². The van der Waals surface area contributed by atoms with Crippen LogP contribution in [0.5, 0.6) is 0 Å². The first-order valence-electron chi connectivity index (χ1n) is 6.13. The molecule has 1 atom stereocenters. The molecule has 0 radical (unpaired) electrons. The van der Waals surface area contributed by atoms with Gasteiger partial charge in [-0.2, -0.15) is 0 Å². The lowest BCUT2D eigenvalue weighted by Gasteiger charge is -2.09. The number of halogens is 2. The molecule has 0 amide bonds. The van der Waals surface area contributed by atoms with Crippen molar-refractivity contribution in [1.82, 2.24) is 10.2 Å². The Kier molecular flexibility index (Phi) is 5.01. The lowest BCUT2D eigenvalue weighted by molar-refractivity contribution is 0.349. The summed E-state index contributed by atoms with van der Waals surface area (Å²) in [6, 6.07) is 4.29. The van der Waals surface area contributed by atoms with Crippen LogP contribution in [0.25, 0.3) is 0 Å². The van der Waals surface area contributed by atoms with E-state index in [1.165, 1.54) is 17.8 Å². The maximum absolute atomic E-state index is 13.6. The van der Waals surface area contributed by atoms with Gasteiger partial charge in [0.1, 0.15) is 5.82 Å². The first kappa shape index (κ1) is 15.3. The van der Waals surface area contributed by atoms with E-state index in [2.05, 4.69) is 10.2 Å². The van der Waals surface area contributed by atoms with Crippen molar-refractivity contribution < 1.29 is 8.81 Å². The van der Waals surface area contributed by atoms with Crippen LogP contribution in [0.15, 0.2) is 27.8 Å². The summed E-state index contributed by atoms with van der Waals surface area (Å²) in [5.74, 6) is 0.574. The summed E-state index contributed by atoms with van der Waals surface area (Å²) in [7, 11) is 0. The third-order valence-electron chi connectivity index (χ3n) is 2.83. The Labute approximate surface area is 125 Å². The molecule has 0 aliphatic carbocycles. The van der Waals surface area contributed by atoms with Gasteiger partial charge in [0, 0.05) is 16.3 Å².